The van der Waals surface area contributed by atoms with Crippen LogP contribution in [0.2, 0.25) is 0 Å². The number of aliphatic hydroxyl groups excluding tert-OH is 1. The zero-order chi connectivity index (χ0) is 26.5. The Hall–Kier alpha value is -2.63. The molecule has 0 spiro atoms. The largest absolute Gasteiger partial charge is 0.480 e. The highest BCUT2D eigenvalue weighted by Gasteiger charge is 2.33. The van der Waals surface area contributed by atoms with Crippen molar-refractivity contribution in [2.24, 2.45) is 11.7 Å². The quantitative estimate of drug-likeness (QED) is 0.195. The number of nitrogens with two attached hydrogens (primary N) is 1. The molecule has 1 rings (SSSR count). The van der Waals surface area contributed by atoms with Gasteiger partial charge in [-0.15, -0.1) is 0 Å². The Labute approximate surface area is 210 Å². The van der Waals surface area contributed by atoms with E-state index in [2.05, 4.69) is 16.0 Å². The van der Waals surface area contributed by atoms with E-state index in [1.54, 1.807) is 30.3 Å². The van der Waals surface area contributed by atoms with Crippen LogP contribution in [0.1, 0.15) is 39.2 Å². The normalized spacial score (nSPS) is 16.2. The fourth-order valence-electron chi connectivity index (χ4n) is 3.26. The smallest absolute Gasteiger partial charge is 0.326 e. The summed E-state index contributed by atoms with van der Waals surface area (Å²) in [4.78, 5) is 50.1. The Bertz CT molecular complexity index is 839. The van der Waals surface area contributed by atoms with Gasteiger partial charge in [-0.3, -0.25) is 14.4 Å². The molecule has 1 aromatic rings. The Morgan fingerprint density at radius 2 is 1.57 bits per heavy atom. The molecule has 7 N–H and O–H groups in total. The number of rotatable bonds is 15. The van der Waals surface area contributed by atoms with Crippen LogP contribution in [0.5, 0.6) is 0 Å². The highest BCUT2D eigenvalue weighted by atomic mass is 32.2. The lowest BCUT2D eigenvalue weighted by molar-refractivity contribution is -0.143. The molecule has 11 heteroatoms. The summed E-state index contributed by atoms with van der Waals surface area (Å²) in [6, 6.07) is 4.32. The molecule has 6 unspecified atom stereocenters. The van der Waals surface area contributed by atoms with Crippen molar-refractivity contribution in [3.05, 3.63) is 35.9 Å². The number of nitrogens with one attached hydrogen (secondary N) is 3. The fraction of sp³-hybridized carbons (Fsp3) is 0.583. The third kappa shape index (κ3) is 10.3. The molecule has 1 aromatic carbocycles. The van der Waals surface area contributed by atoms with Crippen molar-refractivity contribution in [2.75, 3.05) is 12.0 Å². The van der Waals surface area contributed by atoms with Gasteiger partial charge in [0.1, 0.15) is 18.1 Å². The first-order valence-corrected chi connectivity index (χ1v) is 13.0. The van der Waals surface area contributed by atoms with Crippen molar-refractivity contribution in [2.45, 2.75) is 70.3 Å². The van der Waals surface area contributed by atoms with Crippen LogP contribution in [0.4, 0.5) is 0 Å². The van der Waals surface area contributed by atoms with Gasteiger partial charge in [-0.25, -0.2) is 4.79 Å². The van der Waals surface area contributed by atoms with Crippen molar-refractivity contribution >= 4 is 35.5 Å². The number of hydrogen-bond acceptors (Lipinski definition) is 7. The molecule has 0 aliphatic heterocycles. The number of benzene rings is 1. The lowest BCUT2D eigenvalue weighted by atomic mass is 9.99. The van der Waals surface area contributed by atoms with E-state index in [-0.39, 0.29) is 18.8 Å². The van der Waals surface area contributed by atoms with Crippen molar-refractivity contribution in [3.63, 3.8) is 0 Å². The lowest BCUT2D eigenvalue weighted by Gasteiger charge is -2.27. The van der Waals surface area contributed by atoms with E-state index < -0.39 is 54.0 Å². The minimum absolute atomic E-state index is 0.0301. The van der Waals surface area contributed by atoms with Gasteiger partial charge in [0.15, 0.2) is 0 Å². The second-order valence-electron chi connectivity index (χ2n) is 8.57. The molecule has 0 aliphatic carbocycles. The first-order chi connectivity index (χ1) is 16.5. The van der Waals surface area contributed by atoms with Crippen molar-refractivity contribution < 1.29 is 29.4 Å². The van der Waals surface area contributed by atoms with Crippen LogP contribution in [0, 0.1) is 5.92 Å². The number of carbonyl (C=O) groups excluding carboxylic acids is 3. The molecular formula is C24H38N4O6S. The highest BCUT2D eigenvalue weighted by Crippen LogP contribution is 2.09. The molecule has 0 saturated heterocycles. The number of thioether (sulfide) groups is 1. The second-order valence-corrected chi connectivity index (χ2v) is 9.56. The van der Waals surface area contributed by atoms with Gasteiger partial charge in [0.2, 0.25) is 17.7 Å². The number of amides is 3. The first-order valence-electron chi connectivity index (χ1n) is 11.6. The monoisotopic (exact) mass is 510 g/mol. The molecule has 0 radical (unpaired) electrons. The van der Waals surface area contributed by atoms with E-state index in [9.17, 15) is 29.4 Å². The van der Waals surface area contributed by atoms with Crippen molar-refractivity contribution in [1.29, 1.82) is 0 Å². The van der Waals surface area contributed by atoms with Crippen molar-refractivity contribution in [3.8, 4) is 0 Å². The average Bonchev–Trinajstić information content (AvgIpc) is 2.83. The first kappa shape index (κ1) is 30.4. The molecule has 35 heavy (non-hydrogen) atoms. The van der Waals surface area contributed by atoms with Gasteiger partial charge < -0.3 is 31.9 Å². The summed E-state index contributed by atoms with van der Waals surface area (Å²) in [6.45, 7) is 5.05. The summed E-state index contributed by atoms with van der Waals surface area (Å²) in [5, 5.41) is 27.2. The average molecular weight is 511 g/mol. The maximum absolute atomic E-state index is 13.0. The number of carboxylic acid groups (broad SMARTS) is 1. The summed E-state index contributed by atoms with van der Waals surface area (Å²) in [7, 11) is 0. The van der Waals surface area contributed by atoms with Gasteiger partial charge in [0.25, 0.3) is 0 Å². The SMILES string of the molecule is CCC(C)C(N)C(=O)NC(CCSC)C(=O)NC(C(=O)NC(Cc1ccccc1)C(=O)O)C(C)O. The Morgan fingerprint density at radius 1 is 0.971 bits per heavy atom. The second kappa shape index (κ2) is 15.4. The van der Waals surface area contributed by atoms with Gasteiger partial charge in [0.05, 0.1) is 12.1 Å². The fourth-order valence-corrected chi connectivity index (χ4v) is 3.73. The van der Waals surface area contributed by atoms with Crippen LogP contribution in [-0.4, -0.2) is 76.2 Å². The van der Waals surface area contributed by atoms with E-state index >= 15 is 0 Å². The molecule has 0 bridgehead atoms. The molecule has 0 fully saturated rings. The van der Waals surface area contributed by atoms with Crippen LogP contribution in [-0.2, 0) is 25.6 Å². The summed E-state index contributed by atoms with van der Waals surface area (Å²) in [5.41, 5.74) is 6.69. The third-order valence-electron chi connectivity index (χ3n) is 5.76. The molecule has 0 saturated carbocycles. The van der Waals surface area contributed by atoms with Crippen LogP contribution in [0.25, 0.3) is 0 Å². The standard InChI is InChI=1S/C24H38N4O6S/c1-5-14(2)19(25)22(31)26-17(11-12-35-4)21(30)28-20(15(3)29)23(32)27-18(24(33)34)13-16-9-7-6-8-10-16/h6-10,14-15,17-20,29H,5,11-13,25H2,1-4H3,(H,26,31)(H,27,32)(H,28,30)(H,33,34). The molecule has 6 atom stereocenters. The van der Waals surface area contributed by atoms with Crippen LogP contribution < -0.4 is 21.7 Å². The van der Waals surface area contributed by atoms with Gasteiger partial charge in [0, 0.05) is 6.42 Å². The molecule has 196 valence electrons. The zero-order valence-electron chi connectivity index (χ0n) is 20.7. The minimum Gasteiger partial charge on any atom is -0.480 e. The van der Waals surface area contributed by atoms with E-state index in [4.69, 9.17) is 5.73 Å². The predicted molar refractivity (Wildman–Crippen MR) is 136 cm³/mol. The highest BCUT2D eigenvalue weighted by molar-refractivity contribution is 7.98. The number of hydrogen-bond donors (Lipinski definition) is 6. The summed E-state index contributed by atoms with van der Waals surface area (Å²) in [6.07, 6.45) is 1.54. The van der Waals surface area contributed by atoms with Crippen LogP contribution in [0.15, 0.2) is 30.3 Å². The number of carboxylic acids is 1. The minimum atomic E-state index is -1.42. The molecule has 0 aromatic heterocycles. The molecule has 0 aliphatic rings. The number of carbonyl (C=O) groups is 4. The Morgan fingerprint density at radius 3 is 2.09 bits per heavy atom. The molecular weight excluding hydrogens is 472 g/mol. The predicted octanol–water partition coefficient (Wildman–Crippen LogP) is 0.275. The summed E-state index contributed by atoms with van der Waals surface area (Å²) < 4.78 is 0. The third-order valence-corrected chi connectivity index (χ3v) is 6.41. The molecule has 0 heterocycles. The van der Waals surface area contributed by atoms with Gasteiger partial charge >= 0.3 is 5.97 Å². The van der Waals surface area contributed by atoms with Crippen molar-refractivity contribution in [1.82, 2.24) is 16.0 Å². The lowest BCUT2D eigenvalue weighted by Crippen LogP contribution is -2.60. The molecule has 3 amide bonds. The van der Waals surface area contributed by atoms with Crippen LogP contribution in [0.3, 0.4) is 0 Å². The Kier molecular flexibility index (Phi) is 13.4. The van der Waals surface area contributed by atoms with E-state index in [0.717, 1.165) is 0 Å². The van der Waals surface area contributed by atoms with E-state index in [0.29, 0.717) is 17.7 Å². The Balaban J connectivity index is 2.95. The van der Waals surface area contributed by atoms with Crippen LogP contribution >= 0.6 is 11.8 Å². The molecule has 10 nitrogen and oxygen atoms in total. The van der Waals surface area contributed by atoms with Gasteiger partial charge in [-0.2, -0.15) is 11.8 Å². The summed E-state index contributed by atoms with van der Waals surface area (Å²) >= 11 is 1.48. The van der Waals surface area contributed by atoms with E-state index in [1.165, 1.54) is 18.7 Å². The number of aliphatic hydroxyl groups is 1. The van der Waals surface area contributed by atoms with Gasteiger partial charge in [-0.1, -0.05) is 50.6 Å². The number of aliphatic carboxylic acids is 1. The maximum Gasteiger partial charge on any atom is 0.326 e. The maximum atomic E-state index is 13.0. The summed E-state index contributed by atoms with van der Waals surface area (Å²) in [5.74, 6) is -2.77. The topological polar surface area (TPSA) is 171 Å². The zero-order valence-corrected chi connectivity index (χ0v) is 21.5. The van der Waals surface area contributed by atoms with E-state index in [1.807, 2.05) is 20.1 Å². The van der Waals surface area contributed by atoms with Gasteiger partial charge in [-0.05, 0) is 36.8 Å².